The van der Waals surface area contributed by atoms with E-state index in [1.54, 1.807) is 0 Å². The van der Waals surface area contributed by atoms with Crippen LogP contribution in [0.15, 0.2) is 24.5 Å². The van der Waals surface area contributed by atoms with Gasteiger partial charge in [0.1, 0.15) is 5.47 Å². The zero-order valence-corrected chi connectivity index (χ0v) is 12.5. The van der Waals surface area contributed by atoms with Crippen LogP contribution in [0.2, 0.25) is 0 Å². The first-order valence-corrected chi connectivity index (χ1v) is 9.94. The molecule has 1 nitrogen and oxygen atoms in total. The van der Waals surface area contributed by atoms with Crippen LogP contribution >= 0.6 is 16.8 Å². The standard InChI is InChI=1S/C12H19OPS2/c1-5-14(15)13-12(4)7-6-10(9(2)3)8-11(12)16-14/h5,10-11H,1-2,6-8H2,3-4H3/t10-,11+,12+,14+/m1/s1. The van der Waals surface area contributed by atoms with Gasteiger partial charge in [-0.05, 0) is 44.8 Å². The largest absolute Gasteiger partial charge is 0.331 e. The Bertz CT molecular complexity index is 379. The van der Waals surface area contributed by atoms with Crippen molar-refractivity contribution in [2.75, 3.05) is 0 Å². The molecule has 0 N–H and O–H groups in total. The van der Waals surface area contributed by atoms with Gasteiger partial charge < -0.3 is 4.52 Å². The van der Waals surface area contributed by atoms with Gasteiger partial charge in [-0.1, -0.05) is 41.9 Å². The summed E-state index contributed by atoms with van der Waals surface area (Å²) in [5.41, 5.74) is -0.501. The topological polar surface area (TPSA) is 9.23 Å². The van der Waals surface area contributed by atoms with Crippen molar-refractivity contribution in [3.05, 3.63) is 24.5 Å². The average molecular weight is 274 g/mol. The minimum Gasteiger partial charge on any atom is -0.331 e. The van der Waals surface area contributed by atoms with Crippen molar-refractivity contribution in [1.82, 2.24) is 0 Å². The molecule has 1 heterocycles. The minimum atomic E-state index is -1.79. The van der Waals surface area contributed by atoms with Gasteiger partial charge in [0.2, 0.25) is 0 Å². The highest BCUT2D eigenvalue weighted by Crippen LogP contribution is 2.74. The molecule has 0 radical (unpaired) electrons. The molecule has 4 heteroatoms. The first-order valence-electron chi connectivity index (χ1n) is 5.66. The van der Waals surface area contributed by atoms with Gasteiger partial charge in [0.15, 0.2) is 0 Å². The lowest BCUT2D eigenvalue weighted by Crippen LogP contribution is -2.40. The number of allylic oxidation sites excluding steroid dienone is 1. The summed E-state index contributed by atoms with van der Waals surface area (Å²) in [5.74, 6) is 2.52. The smallest absolute Gasteiger partial charge is 0.141 e. The second-order valence-corrected chi connectivity index (χ2v) is 12.0. The first-order chi connectivity index (χ1) is 7.38. The van der Waals surface area contributed by atoms with E-state index in [2.05, 4.69) is 27.0 Å². The summed E-state index contributed by atoms with van der Waals surface area (Å²) in [6.45, 7) is 12.3. The van der Waals surface area contributed by atoms with Crippen LogP contribution in [0.25, 0.3) is 0 Å². The van der Waals surface area contributed by atoms with Crippen molar-refractivity contribution in [3.63, 3.8) is 0 Å². The fourth-order valence-corrected chi connectivity index (χ4v) is 9.00. The van der Waals surface area contributed by atoms with Crippen molar-refractivity contribution in [3.8, 4) is 0 Å². The van der Waals surface area contributed by atoms with Gasteiger partial charge in [-0.25, -0.2) is 0 Å². The molecule has 0 aromatic rings. The van der Waals surface area contributed by atoms with Crippen LogP contribution in [0.1, 0.15) is 33.1 Å². The molecule has 2 rings (SSSR count). The summed E-state index contributed by atoms with van der Waals surface area (Å²) in [6.07, 6.45) is 3.46. The van der Waals surface area contributed by atoms with Crippen molar-refractivity contribution >= 4 is 28.7 Å². The van der Waals surface area contributed by atoms with Crippen LogP contribution in [-0.2, 0) is 16.3 Å². The Morgan fingerprint density at radius 2 is 2.38 bits per heavy atom. The molecule has 0 amide bonds. The highest BCUT2D eigenvalue weighted by Gasteiger charge is 2.51. The van der Waals surface area contributed by atoms with E-state index < -0.39 is 5.47 Å². The third kappa shape index (κ3) is 2.20. The Morgan fingerprint density at radius 3 is 2.94 bits per heavy atom. The Morgan fingerprint density at radius 1 is 1.69 bits per heavy atom. The lowest BCUT2D eigenvalue weighted by atomic mass is 9.77. The highest BCUT2D eigenvalue weighted by atomic mass is 32.9. The molecule has 0 aromatic heterocycles. The third-order valence-corrected chi connectivity index (χ3v) is 9.82. The molecule has 0 unspecified atom stereocenters. The van der Waals surface area contributed by atoms with Crippen molar-refractivity contribution in [2.45, 2.75) is 44.0 Å². The van der Waals surface area contributed by atoms with Crippen molar-refractivity contribution in [2.24, 2.45) is 5.92 Å². The van der Waals surface area contributed by atoms with Gasteiger partial charge >= 0.3 is 0 Å². The second kappa shape index (κ2) is 4.28. The molecule has 1 saturated heterocycles. The lowest BCUT2D eigenvalue weighted by molar-refractivity contribution is 0.0683. The first kappa shape index (κ1) is 12.9. The molecule has 1 aliphatic carbocycles. The van der Waals surface area contributed by atoms with E-state index in [9.17, 15) is 0 Å². The summed E-state index contributed by atoms with van der Waals surface area (Å²) in [6, 6.07) is 0. The summed E-state index contributed by atoms with van der Waals surface area (Å²) in [5, 5.41) is 0.534. The van der Waals surface area contributed by atoms with Crippen LogP contribution in [0.3, 0.4) is 0 Å². The average Bonchev–Trinajstić information content (AvgIpc) is 2.48. The van der Waals surface area contributed by atoms with Crippen molar-refractivity contribution < 1.29 is 4.52 Å². The lowest BCUT2D eigenvalue weighted by Gasteiger charge is -2.37. The minimum absolute atomic E-state index is 0.0136. The zero-order chi connectivity index (χ0) is 12.0. The van der Waals surface area contributed by atoms with Gasteiger partial charge in [0.25, 0.3) is 0 Å². The number of fused-ring (bicyclic) bond motifs is 1. The van der Waals surface area contributed by atoms with E-state index >= 15 is 0 Å². The van der Waals surface area contributed by atoms with E-state index in [1.807, 2.05) is 17.2 Å². The maximum atomic E-state index is 6.16. The third-order valence-electron chi connectivity index (χ3n) is 3.70. The van der Waals surface area contributed by atoms with E-state index in [1.165, 1.54) is 18.4 Å². The van der Waals surface area contributed by atoms with Crippen LogP contribution in [0.5, 0.6) is 0 Å². The molecule has 1 aliphatic heterocycles. The van der Waals surface area contributed by atoms with Gasteiger partial charge in [-0.2, -0.15) is 0 Å². The fourth-order valence-electron chi connectivity index (χ4n) is 2.52. The van der Waals surface area contributed by atoms with E-state index in [-0.39, 0.29) is 5.60 Å². The number of rotatable bonds is 2. The summed E-state index contributed by atoms with van der Waals surface area (Å²) < 4.78 is 6.16. The SMILES string of the molecule is C=C[P@@]1(=S)O[C@@]2(C)CC[C@@H](C(=C)C)C[C@@H]2S1. The Balaban J connectivity index is 2.19. The molecular weight excluding hydrogens is 255 g/mol. The molecule has 90 valence electrons. The Kier molecular flexibility index (Phi) is 3.44. The molecular formula is C12H19OPS2. The molecule has 1 saturated carbocycles. The molecule has 0 bridgehead atoms. The van der Waals surface area contributed by atoms with Crippen LogP contribution in [-0.4, -0.2) is 10.9 Å². The second-order valence-electron chi connectivity index (χ2n) is 5.04. The highest BCUT2D eigenvalue weighted by molar-refractivity contribution is 8.70. The quantitative estimate of drug-likeness (QED) is 0.533. The van der Waals surface area contributed by atoms with E-state index in [0.29, 0.717) is 11.2 Å². The van der Waals surface area contributed by atoms with Crippen molar-refractivity contribution in [1.29, 1.82) is 0 Å². The van der Waals surface area contributed by atoms with Crippen LogP contribution in [0, 0.1) is 5.92 Å². The maximum absolute atomic E-state index is 6.16. The molecule has 2 fully saturated rings. The Hall–Kier alpha value is 0.440. The summed E-state index contributed by atoms with van der Waals surface area (Å²) in [4.78, 5) is 0. The predicted octanol–water partition coefficient (Wildman–Crippen LogP) is 4.71. The van der Waals surface area contributed by atoms with Crippen LogP contribution < -0.4 is 0 Å². The molecule has 0 aromatic carbocycles. The molecule has 0 spiro atoms. The summed E-state index contributed by atoms with van der Waals surface area (Å²) in [7, 11) is 0. The monoisotopic (exact) mass is 274 g/mol. The molecule has 2 aliphatic rings. The van der Waals surface area contributed by atoms with Crippen LogP contribution in [0.4, 0.5) is 0 Å². The maximum Gasteiger partial charge on any atom is 0.141 e. The van der Waals surface area contributed by atoms with E-state index in [0.717, 1.165) is 6.42 Å². The van der Waals surface area contributed by atoms with Gasteiger partial charge in [0, 0.05) is 5.25 Å². The summed E-state index contributed by atoms with van der Waals surface area (Å²) >= 11 is 7.43. The molecule has 4 atom stereocenters. The predicted molar refractivity (Wildman–Crippen MR) is 77.5 cm³/mol. The fraction of sp³-hybridized carbons (Fsp3) is 0.667. The zero-order valence-electron chi connectivity index (χ0n) is 9.94. The number of hydrogen-bond donors (Lipinski definition) is 0. The molecule has 16 heavy (non-hydrogen) atoms. The van der Waals surface area contributed by atoms with E-state index in [4.69, 9.17) is 16.3 Å². The Labute approximate surface area is 108 Å². The normalized spacial score (nSPS) is 47.4. The van der Waals surface area contributed by atoms with Gasteiger partial charge in [-0.15, -0.1) is 0 Å². The van der Waals surface area contributed by atoms with Gasteiger partial charge in [0.05, 0.1) is 5.60 Å². The number of hydrogen-bond acceptors (Lipinski definition) is 3. The van der Waals surface area contributed by atoms with Gasteiger partial charge in [-0.3, -0.25) is 0 Å².